The third-order valence-electron chi connectivity index (χ3n) is 5.18. The molecular weight excluding hydrogens is 380 g/mol. The zero-order chi connectivity index (χ0) is 20.9. The lowest BCUT2D eigenvalue weighted by molar-refractivity contribution is -0.123. The van der Waals surface area contributed by atoms with Crippen molar-refractivity contribution < 1.29 is 15.0 Å². The highest BCUT2D eigenvalue weighted by Crippen LogP contribution is 2.27. The van der Waals surface area contributed by atoms with Crippen LogP contribution in [0.5, 0.6) is 0 Å². The topological polar surface area (TPSA) is 93.2 Å². The summed E-state index contributed by atoms with van der Waals surface area (Å²) in [5, 5.41) is 28.2. The predicted molar refractivity (Wildman–Crippen MR) is 112 cm³/mol. The Hall–Kier alpha value is -3.55. The van der Waals surface area contributed by atoms with Crippen molar-refractivity contribution in [2.75, 3.05) is 13.2 Å². The monoisotopic (exact) mass is 402 g/mol. The van der Waals surface area contributed by atoms with E-state index < -0.39 is 11.8 Å². The first-order valence-electron chi connectivity index (χ1n) is 9.66. The highest BCUT2D eigenvalue weighted by molar-refractivity contribution is 5.92. The molecule has 0 amide bonds. The van der Waals surface area contributed by atoms with Gasteiger partial charge in [-0.3, -0.25) is 4.79 Å². The Morgan fingerprint density at radius 3 is 1.43 bits per heavy atom. The van der Waals surface area contributed by atoms with E-state index in [0.29, 0.717) is 11.1 Å². The fraction of sp³-hybridized carbons (Fsp3) is 0.174. The third-order valence-corrected chi connectivity index (χ3v) is 5.18. The van der Waals surface area contributed by atoms with Gasteiger partial charge in [0.25, 0.3) is 0 Å². The molecule has 2 aromatic carbocycles. The maximum atomic E-state index is 13.2. The Morgan fingerprint density at radius 1 is 0.733 bits per heavy atom. The van der Waals surface area contributed by atoms with Crippen molar-refractivity contribution in [2.45, 2.75) is 11.8 Å². The van der Waals surface area contributed by atoms with E-state index in [4.69, 9.17) is 0 Å². The van der Waals surface area contributed by atoms with Crippen LogP contribution in [-0.4, -0.2) is 48.8 Å². The fourth-order valence-electron chi connectivity index (χ4n) is 3.52. The second kappa shape index (κ2) is 8.86. The van der Waals surface area contributed by atoms with Crippen LogP contribution < -0.4 is 0 Å². The van der Waals surface area contributed by atoms with Gasteiger partial charge >= 0.3 is 0 Å². The number of aromatic nitrogens is 4. The summed E-state index contributed by atoms with van der Waals surface area (Å²) in [7, 11) is 0. The lowest BCUT2D eigenvalue weighted by atomic mass is 9.84. The van der Waals surface area contributed by atoms with Crippen LogP contribution in [0.4, 0.5) is 0 Å². The summed E-state index contributed by atoms with van der Waals surface area (Å²) in [5.74, 6) is -1.67. The average Bonchev–Trinajstić information content (AvgIpc) is 3.50. The molecule has 0 aliphatic heterocycles. The molecule has 152 valence electrons. The molecule has 30 heavy (non-hydrogen) atoms. The van der Waals surface area contributed by atoms with Crippen LogP contribution in [0.15, 0.2) is 85.5 Å². The highest BCUT2D eigenvalue weighted by atomic mass is 16.3. The maximum absolute atomic E-state index is 13.2. The van der Waals surface area contributed by atoms with Gasteiger partial charge in [-0.2, -0.15) is 10.2 Å². The lowest BCUT2D eigenvalue weighted by Crippen LogP contribution is -2.25. The van der Waals surface area contributed by atoms with E-state index in [2.05, 4.69) is 10.2 Å². The molecule has 0 saturated heterocycles. The normalized spacial score (nSPS) is 13.1. The number of aliphatic hydroxyl groups excluding tert-OH is 2. The zero-order valence-electron chi connectivity index (χ0n) is 16.2. The van der Waals surface area contributed by atoms with E-state index in [1.54, 1.807) is 21.8 Å². The molecule has 2 unspecified atom stereocenters. The van der Waals surface area contributed by atoms with E-state index in [0.717, 1.165) is 11.4 Å². The number of ketones is 1. The van der Waals surface area contributed by atoms with Gasteiger partial charge in [0.15, 0.2) is 5.78 Å². The number of Topliss-reactive ketones (excluding diaryl/α,β-unsaturated/α-hetero) is 1. The first kappa shape index (κ1) is 19.8. The van der Waals surface area contributed by atoms with Crippen LogP contribution in [-0.2, 0) is 4.79 Å². The summed E-state index contributed by atoms with van der Waals surface area (Å²) >= 11 is 0. The Kier molecular flexibility index (Phi) is 5.83. The molecule has 4 rings (SSSR count). The van der Waals surface area contributed by atoms with Crippen molar-refractivity contribution in [3.05, 3.63) is 96.6 Å². The van der Waals surface area contributed by atoms with Crippen LogP contribution in [0.3, 0.4) is 0 Å². The first-order valence-corrected chi connectivity index (χ1v) is 9.66. The Morgan fingerprint density at radius 2 is 1.13 bits per heavy atom. The molecule has 0 radical (unpaired) electrons. The summed E-state index contributed by atoms with van der Waals surface area (Å²) in [4.78, 5) is 13.2. The molecule has 0 aliphatic carbocycles. The number of rotatable bonds is 8. The Bertz CT molecular complexity index is 985. The summed E-state index contributed by atoms with van der Waals surface area (Å²) in [6.45, 7) is -0.663. The van der Waals surface area contributed by atoms with Crippen molar-refractivity contribution in [2.24, 2.45) is 0 Å². The van der Waals surface area contributed by atoms with Crippen LogP contribution in [0.25, 0.3) is 11.4 Å². The molecule has 0 aliphatic rings. The standard InChI is InChI=1S/C23H22N4O3/c28-15-21(17-3-7-19(8-4-17)26-13-1-11-24-26)23(30)22(16-29)18-5-9-20(10-6-18)27-14-2-12-25-27/h1-14,21-22,28-29H,15-16H2. The van der Waals surface area contributed by atoms with Crippen molar-refractivity contribution in [1.82, 2.24) is 19.6 Å². The molecule has 2 N–H and O–H groups in total. The van der Waals surface area contributed by atoms with Gasteiger partial charge in [0, 0.05) is 24.8 Å². The van der Waals surface area contributed by atoms with Crippen LogP contribution in [0.2, 0.25) is 0 Å². The van der Waals surface area contributed by atoms with Crippen molar-refractivity contribution >= 4 is 5.78 Å². The van der Waals surface area contributed by atoms with Gasteiger partial charge in [-0.05, 0) is 47.5 Å². The van der Waals surface area contributed by atoms with E-state index in [1.165, 1.54) is 0 Å². The van der Waals surface area contributed by atoms with Gasteiger partial charge in [-0.15, -0.1) is 0 Å². The fourth-order valence-corrected chi connectivity index (χ4v) is 3.52. The van der Waals surface area contributed by atoms with Gasteiger partial charge < -0.3 is 10.2 Å². The minimum atomic E-state index is -0.723. The number of benzene rings is 2. The molecule has 2 heterocycles. The number of hydrogen-bond donors (Lipinski definition) is 2. The van der Waals surface area contributed by atoms with Gasteiger partial charge in [-0.25, -0.2) is 9.36 Å². The quantitative estimate of drug-likeness (QED) is 0.472. The number of hydrogen-bond acceptors (Lipinski definition) is 5. The number of carbonyl (C=O) groups is 1. The second-order valence-electron chi connectivity index (χ2n) is 6.96. The van der Waals surface area contributed by atoms with Gasteiger partial charge in [-0.1, -0.05) is 24.3 Å². The van der Waals surface area contributed by atoms with E-state index in [1.807, 2.05) is 73.1 Å². The smallest absolute Gasteiger partial charge is 0.152 e. The van der Waals surface area contributed by atoms with Gasteiger partial charge in [0.2, 0.25) is 0 Å². The molecule has 7 heteroatoms. The molecular formula is C23H22N4O3. The minimum absolute atomic E-state index is 0.223. The molecule has 7 nitrogen and oxygen atoms in total. The summed E-state index contributed by atoms with van der Waals surface area (Å²) in [6.07, 6.45) is 7.05. The SMILES string of the molecule is O=C(C(CO)c1ccc(-n2cccn2)cc1)C(CO)c1ccc(-n2cccn2)cc1. The third kappa shape index (κ3) is 3.94. The molecule has 4 aromatic rings. The first-order chi connectivity index (χ1) is 14.7. The molecule has 0 saturated carbocycles. The summed E-state index contributed by atoms with van der Waals surface area (Å²) in [5.41, 5.74) is 3.12. The molecule has 2 atom stereocenters. The number of carbonyl (C=O) groups excluding carboxylic acids is 1. The minimum Gasteiger partial charge on any atom is -0.395 e. The maximum Gasteiger partial charge on any atom is 0.152 e. The Balaban J connectivity index is 1.55. The largest absolute Gasteiger partial charge is 0.395 e. The average molecular weight is 402 g/mol. The summed E-state index contributed by atoms with van der Waals surface area (Å²) < 4.78 is 3.44. The Labute approximate surface area is 173 Å². The van der Waals surface area contributed by atoms with Crippen LogP contribution in [0.1, 0.15) is 23.0 Å². The predicted octanol–water partition coefficient (Wildman–Crippen LogP) is 2.48. The number of nitrogens with zero attached hydrogens (tertiary/aromatic N) is 4. The summed E-state index contributed by atoms with van der Waals surface area (Å²) in [6, 6.07) is 18.3. The molecule has 0 bridgehead atoms. The highest BCUT2D eigenvalue weighted by Gasteiger charge is 2.28. The molecule has 0 spiro atoms. The van der Waals surface area contributed by atoms with Crippen LogP contribution >= 0.6 is 0 Å². The zero-order valence-corrected chi connectivity index (χ0v) is 16.2. The van der Waals surface area contributed by atoms with Gasteiger partial charge in [0.1, 0.15) is 0 Å². The van der Waals surface area contributed by atoms with E-state index in [-0.39, 0.29) is 19.0 Å². The van der Waals surface area contributed by atoms with E-state index in [9.17, 15) is 15.0 Å². The number of aliphatic hydroxyl groups is 2. The van der Waals surface area contributed by atoms with Crippen LogP contribution in [0, 0.1) is 0 Å². The molecule has 0 fully saturated rings. The van der Waals surface area contributed by atoms with Crippen molar-refractivity contribution in [3.8, 4) is 11.4 Å². The lowest BCUT2D eigenvalue weighted by Gasteiger charge is -2.21. The van der Waals surface area contributed by atoms with Crippen molar-refractivity contribution in [3.63, 3.8) is 0 Å². The second-order valence-corrected chi connectivity index (χ2v) is 6.96. The van der Waals surface area contributed by atoms with Crippen molar-refractivity contribution in [1.29, 1.82) is 0 Å². The van der Waals surface area contributed by atoms with E-state index >= 15 is 0 Å². The van der Waals surface area contributed by atoms with Gasteiger partial charge in [0.05, 0.1) is 36.4 Å². The molecule has 2 aromatic heterocycles.